The highest BCUT2D eigenvalue weighted by Crippen LogP contribution is 2.39. The molecule has 0 aromatic heterocycles. The van der Waals surface area contributed by atoms with Crippen LogP contribution in [0.25, 0.3) is 0 Å². The summed E-state index contributed by atoms with van der Waals surface area (Å²) in [6, 6.07) is 7.99. The minimum atomic E-state index is -5.01. The molecule has 2 aromatic rings. The molecule has 0 fully saturated rings. The number of hydrogen-bond donors (Lipinski definition) is 1. The quantitative estimate of drug-likeness (QED) is 0.713. The van der Waals surface area contributed by atoms with Gasteiger partial charge in [-0.15, -0.1) is 13.2 Å². The van der Waals surface area contributed by atoms with Crippen molar-refractivity contribution in [2.45, 2.75) is 18.2 Å². The maximum Gasteiger partial charge on any atom is 0.573 e. The van der Waals surface area contributed by atoms with Gasteiger partial charge in [0.1, 0.15) is 5.69 Å². The van der Waals surface area contributed by atoms with Crippen molar-refractivity contribution >= 4 is 43.2 Å². The van der Waals surface area contributed by atoms with E-state index in [1.165, 1.54) is 18.2 Å². The van der Waals surface area contributed by atoms with Crippen molar-refractivity contribution in [3.8, 4) is 5.75 Å². The number of sulfonamides is 1. The summed E-state index contributed by atoms with van der Waals surface area (Å²) in [5, 5.41) is -0.251. The molecule has 2 aromatic carbocycles. The fraction of sp³-hybridized carbons (Fsp3) is 0.143. The average molecular weight is 445 g/mol. The molecule has 0 spiro atoms. The van der Waals surface area contributed by atoms with E-state index in [0.717, 1.165) is 11.6 Å². The van der Waals surface area contributed by atoms with Gasteiger partial charge >= 0.3 is 6.36 Å². The molecule has 0 saturated heterocycles. The van der Waals surface area contributed by atoms with Crippen molar-refractivity contribution in [1.82, 2.24) is 0 Å². The van der Waals surface area contributed by atoms with Gasteiger partial charge in [0.15, 0.2) is 5.75 Å². The molecule has 0 saturated carbocycles. The number of benzene rings is 2. The predicted molar refractivity (Wildman–Crippen MR) is 87.8 cm³/mol. The van der Waals surface area contributed by atoms with Crippen LogP contribution in [0.2, 0.25) is 5.02 Å². The monoisotopic (exact) mass is 443 g/mol. The van der Waals surface area contributed by atoms with Gasteiger partial charge in [-0.05, 0) is 31.2 Å². The van der Waals surface area contributed by atoms with Crippen molar-refractivity contribution < 1.29 is 26.3 Å². The number of ether oxygens (including phenoxy) is 1. The summed E-state index contributed by atoms with van der Waals surface area (Å²) in [5.74, 6) is -0.766. The molecule has 4 nitrogen and oxygen atoms in total. The average Bonchev–Trinajstić information content (AvgIpc) is 2.41. The van der Waals surface area contributed by atoms with Crippen LogP contribution in [0.1, 0.15) is 5.56 Å². The third-order valence-electron chi connectivity index (χ3n) is 2.81. The van der Waals surface area contributed by atoms with Crippen LogP contribution in [-0.2, 0) is 10.0 Å². The van der Waals surface area contributed by atoms with Gasteiger partial charge in [0.25, 0.3) is 10.0 Å². The Morgan fingerprint density at radius 2 is 1.75 bits per heavy atom. The summed E-state index contributed by atoms with van der Waals surface area (Å²) < 4.78 is 68.4. The van der Waals surface area contributed by atoms with E-state index in [1.54, 1.807) is 19.1 Å². The molecule has 0 amide bonds. The Hall–Kier alpha value is -1.45. The third-order valence-corrected chi connectivity index (χ3v) is 4.93. The Morgan fingerprint density at radius 1 is 1.17 bits per heavy atom. The second kappa shape index (κ2) is 6.81. The summed E-state index contributed by atoms with van der Waals surface area (Å²) in [6.45, 7) is 1.77. The fourth-order valence-electron chi connectivity index (χ4n) is 1.76. The Labute approximate surface area is 149 Å². The van der Waals surface area contributed by atoms with E-state index in [4.69, 9.17) is 11.6 Å². The molecular weight excluding hydrogens is 435 g/mol. The van der Waals surface area contributed by atoms with Gasteiger partial charge in [-0.2, -0.15) is 0 Å². The summed E-state index contributed by atoms with van der Waals surface area (Å²) in [7, 11) is -4.14. The zero-order chi connectivity index (χ0) is 18.1. The minimum absolute atomic E-state index is 0.120. The van der Waals surface area contributed by atoms with Crippen molar-refractivity contribution in [2.75, 3.05) is 4.72 Å². The highest BCUT2D eigenvalue weighted by Gasteiger charge is 2.33. The van der Waals surface area contributed by atoms with Gasteiger partial charge < -0.3 is 4.74 Å². The zero-order valence-electron chi connectivity index (χ0n) is 12.0. The lowest BCUT2D eigenvalue weighted by atomic mass is 10.2. The SMILES string of the molecule is Cc1ccc(S(=O)(=O)Nc2c(Cl)cc(Br)cc2OC(F)(F)F)cc1. The molecule has 0 aliphatic heterocycles. The number of alkyl halides is 3. The molecule has 0 bridgehead atoms. The predicted octanol–water partition coefficient (Wildman–Crippen LogP) is 5.11. The first-order valence-electron chi connectivity index (χ1n) is 6.32. The van der Waals surface area contributed by atoms with Crippen molar-refractivity contribution in [3.63, 3.8) is 0 Å². The number of halogens is 5. The molecule has 0 aliphatic rings. The fourth-order valence-corrected chi connectivity index (χ4v) is 3.74. The van der Waals surface area contributed by atoms with E-state index in [1.807, 2.05) is 4.72 Å². The summed E-state index contributed by atoms with van der Waals surface area (Å²) in [5.41, 5.74) is 0.328. The molecule has 0 aliphatic carbocycles. The van der Waals surface area contributed by atoms with E-state index >= 15 is 0 Å². The van der Waals surface area contributed by atoms with Gasteiger partial charge in [0.2, 0.25) is 0 Å². The molecule has 0 radical (unpaired) electrons. The number of aryl methyl sites for hydroxylation is 1. The Bertz CT molecular complexity index is 855. The van der Waals surface area contributed by atoms with Crippen molar-refractivity contribution in [3.05, 3.63) is 51.5 Å². The summed E-state index contributed by atoms with van der Waals surface area (Å²) >= 11 is 8.86. The lowest BCUT2D eigenvalue weighted by Crippen LogP contribution is -2.20. The van der Waals surface area contributed by atoms with Crippen LogP contribution < -0.4 is 9.46 Å². The molecule has 10 heteroatoms. The van der Waals surface area contributed by atoms with Gasteiger partial charge in [0, 0.05) is 4.47 Å². The lowest BCUT2D eigenvalue weighted by molar-refractivity contribution is -0.274. The third kappa shape index (κ3) is 4.78. The van der Waals surface area contributed by atoms with Crippen molar-refractivity contribution in [1.29, 1.82) is 0 Å². The van der Waals surface area contributed by atoms with Gasteiger partial charge in [-0.1, -0.05) is 45.2 Å². The molecule has 0 atom stereocenters. The number of nitrogens with one attached hydrogen (secondary N) is 1. The second-order valence-electron chi connectivity index (χ2n) is 4.73. The molecule has 0 heterocycles. The zero-order valence-corrected chi connectivity index (χ0v) is 15.1. The Kier molecular flexibility index (Phi) is 5.36. The van der Waals surface area contributed by atoms with E-state index in [0.29, 0.717) is 0 Å². The van der Waals surface area contributed by atoms with Gasteiger partial charge in [-0.25, -0.2) is 8.42 Å². The van der Waals surface area contributed by atoms with Gasteiger partial charge in [-0.3, -0.25) is 4.72 Å². The van der Waals surface area contributed by atoms with Crippen LogP contribution >= 0.6 is 27.5 Å². The second-order valence-corrected chi connectivity index (χ2v) is 7.73. The first kappa shape index (κ1) is 18.9. The first-order valence-corrected chi connectivity index (χ1v) is 8.97. The van der Waals surface area contributed by atoms with Crippen LogP contribution in [-0.4, -0.2) is 14.8 Å². The largest absolute Gasteiger partial charge is 0.573 e. The van der Waals surface area contributed by atoms with E-state index in [-0.39, 0.29) is 14.4 Å². The molecule has 130 valence electrons. The summed E-state index contributed by atoms with van der Waals surface area (Å²) in [6.07, 6.45) is -5.01. The van der Waals surface area contributed by atoms with Crippen LogP contribution in [0, 0.1) is 6.92 Å². The smallest absolute Gasteiger partial charge is 0.403 e. The number of rotatable bonds is 4. The van der Waals surface area contributed by atoms with Crippen LogP contribution in [0.5, 0.6) is 5.75 Å². The van der Waals surface area contributed by atoms with E-state index < -0.39 is 27.8 Å². The highest BCUT2D eigenvalue weighted by atomic mass is 79.9. The molecule has 0 unspecified atom stereocenters. The van der Waals surface area contributed by atoms with E-state index in [2.05, 4.69) is 20.7 Å². The highest BCUT2D eigenvalue weighted by molar-refractivity contribution is 9.10. The van der Waals surface area contributed by atoms with Crippen LogP contribution in [0.15, 0.2) is 45.8 Å². The molecule has 2 rings (SSSR count). The maximum atomic E-state index is 12.5. The minimum Gasteiger partial charge on any atom is -0.403 e. The standard InChI is InChI=1S/C14H10BrClF3NO3S/c1-8-2-4-10(5-3-8)24(21,22)20-13-11(16)6-9(15)7-12(13)23-14(17,18)19/h2-7,20H,1H3. The topological polar surface area (TPSA) is 55.4 Å². The number of anilines is 1. The normalized spacial score (nSPS) is 12.1. The van der Waals surface area contributed by atoms with Crippen molar-refractivity contribution in [2.24, 2.45) is 0 Å². The number of hydrogen-bond acceptors (Lipinski definition) is 3. The van der Waals surface area contributed by atoms with Gasteiger partial charge in [0.05, 0.1) is 9.92 Å². The molecular formula is C14H10BrClF3NO3S. The molecule has 1 N–H and O–H groups in total. The molecule has 24 heavy (non-hydrogen) atoms. The maximum absolute atomic E-state index is 12.5. The Balaban J connectivity index is 2.46. The van der Waals surface area contributed by atoms with E-state index in [9.17, 15) is 21.6 Å². The Morgan fingerprint density at radius 3 is 2.29 bits per heavy atom. The first-order chi connectivity index (χ1) is 11.0. The van der Waals surface area contributed by atoms with Crippen LogP contribution in [0.4, 0.5) is 18.9 Å². The lowest BCUT2D eigenvalue weighted by Gasteiger charge is -2.16. The van der Waals surface area contributed by atoms with Crippen LogP contribution in [0.3, 0.4) is 0 Å². The summed E-state index contributed by atoms with van der Waals surface area (Å²) in [4.78, 5) is -0.120.